The minimum absolute atomic E-state index is 0.599. The van der Waals surface area contributed by atoms with Gasteiger partial charge < -0.3 is 0 Å². The Morgan fingerprint density at radius 3 is 1.71 bits per heavy atom. The van der Waals surface area contributed by atoms with Gasteiger partial charge in [-0.05, 0) is 80.2 Å². The van der Waals surface area contributed by atoms with Crippen molar-refractivity contribution in [2.24, 2.45) is 0 Å². The maximum atomic E-state index is 2.42. The van der Waals surface area contributed by atoms with Gasteiger partial charge in [0.05, 0.1) is 0 Å². The van der Waals surface area contributed by atoms with E-state index in [0.29, 0.717) is 0 Å². The van der Waals surface area contributed by atoms with Gasteiger partial charge in [0.1, 0.15) is 0 Å². The van der Waals surface area contributed by atoms with Crippen LogP contribution in [0.15, 0.2) is 95.6 Å². The first-order valence-electron chi connectivity index (χ1n) is 9.94. The molecule has 4 rings (SSSR count). The molecule has 0 bridgehead atoms. The third-order valence-electron chi connectivity index (χ3n) is 5.85. The third-order valence-corrected chi connectivity index (χ3v) is 8.33. The third kappa shape index (κ3) is 3.50. The molecule has 1 aliphatic rings. The first-order chi connectivity index (χ1) is 13.6. The van der Waals surface area contributed by atoms with Crippen LogP contribution in [0.2, 0.25) is 0 Å². The van der Waals surface area contributed by atoms with Crippen LogP contribution in [0, 0.1) is 6.92 Å². The van der Waals surface area contributed by atoms with Crippen molar-refractivity contribution in [3.63, 3.8) is 0 Å². The highest BCUT2D eigenvalue weighted by atomic mass is 31.1. The van der Waals surface area contributed by atoms with E-state index >= 15 is 0 Å². The van der Waals surface area contributed by atoms with E-state index in [-0.39, 0.29) is 0 Å². The van der Waals surface area contributed by atoms with Gasteiger partial charge in [0, 0.05) is 0 Å². The number of aryl methyl sites for hydroxylation is 1. The molecule has 0 saturated carbocycles. The summed E-state index contributed by atoms with van der Waals surface area (Å²) in [6.45, 7) is 9.04. The predicted molar refractivity (Wildman–Crippen MR) is 125 cm³/mol. The summed E-state index contributed by atoms with van der Waals surface area (Å²) in [7, 11) is -0.599. The molecule has 0 heterocycles. The lowest BCUT2D eigenvalue weighted by atomic mass is 9.99. The second-order valence-corrected chi connectivity index (χ2v) is 9.90. The van der Waals surface area contributed by atoms with Gasteiger partial charge in [-0.1, -0.05) is 90.0 Å². The molecule has 0 fully saturated rings. The fraction of sp³-hybridized carbons (Fsp3) is 0.185. The second kappa shape index (κ2) is 7.90. The van der Waals surface area contributed by atoms with Crippen molar-refractivity contribution in [2.75, 3.05) is 0 Å². The molecule has 0 amide bonds. The van der Waals surface area contributed by atoms with Crippen LogP contribution in [0.3, 0.4) is 0 Å². The molecule has 0 nitrogen and oxygen atoms in total. The molecular weight excluding hydrogens is 355 g/mol. The van der Waals surface area contributed by atoms with Gasteiger partial charge in [0.25, 0.3) is 0 Å². The summed E-state index contributed by atoms with van der Waals surface area (Å²) in [5, 5.41) is 4.30. The normalized spacial score (nSPS) is 14.3. The van der Waals surface area contributed by atoms with Crippen molar-refractivity contribution in [1.29, 1.82) is 0 Å². The second-order valence-electron chi connectivity index (χ2n) is 7.71. The van der Waals surface area contributed by atoms with E-state index in [1.165, 1.54) is 49.3 Å². The summed E-state index contributed by atoms with van der Waals surface area (Å²) in [6.07, 6.45) is 1.07. The van der Waals surface area contributed by atoms with Crippen LogP contribution in [0.5, 0.6) is 0 Å². The maximum absolute atomic E-state index is 2.42. The minimum atomic E-state index is -0.599. The molecule has 0 radical (unpaired) electrons. The Bertz CT molecular complexity index is 1020. The smallest absolute Gasteiger partial charge is 0.00551 e. The highest BCUT2D eigenvalue weighted by molar-refractivity contribution is 7.80. The summed E-state index contributed by atoms with van der Waals surface area (Å²) in [5.74, 6) is 0. The maximum Gasteiger partial charge on any atom is -0.00551 e. The van der Waals surface area contributed by atoms with Crippen molar-refractivity contribution < 1.29 is 0 Å². The molecule has 0 unspecified atom stereocenters. The zero-order chi connectivity index (χ0) is 19.7. The topological polar surface area (TPSA) is 0 Å². The molecule has 140 valence electrons. The van der Waals surface area contributed by atoms with E-state index < -0.39 is 7.92 Å². The zero-order valence-corrected chi connectivity index (χ0v) is 18.1. The first kappa shape index (κ1) is 18.9. The molecule has 28 heavy (non-hydrogen) atoms. The first-order valence-corrected chi connectivity index (χ1v) is 11.3. The number of benzene rings is 3. The summed E-state index contributed by atoms with van der Waals surface area (Å²) in [4.78, 5) is 0. The molecule has 0 saturated heterocycles. The van der Waals surface area contributed by atoms with Crippen molar-refractivity contribution in [3.8, 4) is 0 Å². The van der Waals surface area contributed by atoms with Crippen molar-refractivity contribution in [3.05, 3.63) is 107 Å². The molecule has 3 aromatic rings. The standard InChI is InChI=1S/C27H27P/c1-19-15-16-25(26-18-20(2)21(3)22(26)4)27(17-19)28(23-11-7-5-8-12-23)24-13-9-6-10-14-24/h5-17H,18H2,1-4H3. The van der Waals surface area contributed by atoms with E-state index in [4.69, 9.17) is 0 Å². The molecule has 0 atom stereocenters. The Hall–Kier alpha value is -2.43. The predicted octanol–water partition coefficient (Wildman–Crippen LogP) is 6.27. The number of hydrogen-bond acceptors (Lipinski definition) is 0. The minimum Gasteiger partial charge on any atom is -0.0657 e. The lowest BCUT2D eigenvalue weighted by Crippen LogP contribution is -2.23. The Kier molecular flexibility index (Phi) is 5.33. The van der Waals surface area contributed by atoms with E-state index in [0.717, 1.165) is 6.42 Å². The Morgan fingerprint density at radius 2 is 1.21 bits per heavy atom. The average Bonchev–Trinajstić information content (AvgIpc) is 2.97. The van der Waals surface area contributed by atoms with Crippen molar-refractivity contribution in [1.82, 2.24) is 0 Å². The summed E-state index contributed by atoms with van der Waals surface area (Å²) >= 11 is 0. The van der Waals surface area contributed by atoms with E-state index in [9.17, 15) is 0 Å². The molecular formula is C27H27P. The largest absolute Gasteiger partial charge is 0.0657 e. The number of rotatable bonds is 4. The van der Waals surface area contributed by atoms with Crippen LogP contribution in [-0.4, -0.2) is 0 Å². The number of allylic oxidation sites excluding steroid dienone is 4. The molecule has 1 aliphatic carbocycles. The Morgan fingerprint density at radius 1 is 0.643 bits per heavy atom. The average molecular weight is 382 g/mol. The quantitative estimate of drug-likeness (QED) is 0.467. The molecule has 1 heteroatoms. The van der Waals surface area contributed by atoms with Crippen LogP contribution >= 0.6 is 7.92 Å². The highest BCUT2D eigenvalue weighted by Gasteiger charge is 2.24. The Balaban J connectivity index is 1.95. The zero-order valence-electron chi connectivity index (χ0n) is 17.2. The molecule has 0 aliphatic heterocycles. The summed E-state index contributed by atoms with van der Waals surface area (Å²) < 4.78 is 0. The lowest BCUT2D eigenvalue weighted by molar-refractivity contribution is 1.22. The molecule has 0 aromatic heterocycles. The van der Waals surface area contributed by atoms with Gasteiger partial charge in [-0.3, -0.25) is 0 Å². The van der Waals surface area contributed by atoms with Gasteiger partial charge in [-0.15, -0.1) is 0 Å². The van der Waals surface area contributed by atoms with Gasteiger partial charge in [0.15, 0.2) is 0 Å². The lowest BCUT2D eigenvalue weighted by Gasteiger charge is -2.24. The van der Waals surface area contributed by atoms with Gasteiger partial charge in [-0.2, -0.15) is 0 Å². The number of hydrogen-bond donors (Lipinski definition) is 0. The molecule has 3 aromatic carbocycles. The fourth-order valence-corrected chi connectivity index (χ4v) is 6.62. The van der Waals surface area contributed by atoms with Crippen LogP contribution < -0.4 is 15.9 Å². The highest BCUT2D eigenvalue weighted by Crippen LogP contribution is 2.42. The van der Waals surface area contributed by atoms with E-state index in [1.807, 2.05) is 0 Å². The van der Waals surface area contributed by atoms with E-state index in [2.05, 4.69) is 107 Å². The van der Waals surface area contributed by atoms with Crippen LogP contribution in [0.4, 0.5) is 0 Å². The molecule has 0 N–H and O–H groups in total. The van der Waals surface area contributed by atoms with Gasteiger partial charge in [-0.25, -0.2) is 0 Å². The fourth-order valence-electron chi connectivity index (χ4n) is 4.04. The van der Waals surface area contributed by atoms with Gasteiger partial charge >= 0.3 is 0 Å². The van der Waals surface area contributed by atoms with Crippen LogP contribution in [-0.2, 0) is 0 Å². The van der Waals surface area contributed by atoms with Gasteiger partial charge in [0.2, 0.25) is 0 Å². The van der Waals surface area contributed by atoms with Crippen LogP contribution in [0.25, 0.3) is 5.57 Å². The molecule has 0 spiro atoms. The Labute approximate surface area is 170 Å². The van der Waals surface area contributed by atoms with Crippen molar-refractivity contribution >= 4 is 29.4 Å². The summed E-state index contributed by atoms with van der Waals surface area (Å²) in [5.41, 5.74) is 8.69. The summed E-state index contributed by atoms with van der Waals surface area (Å²) in [6, 6.07) is 29.1. The van der Waals surface area contributed by atoms with Crippen LogP contribution in [0.1, 0.15) is 38.3 Å². The SMILES string of the molecule is CC1=C(C)C(C)=C(c2ccc(C)cc2P(c2ccccc2)c2ccccc2)C1. The monoisotopic (exact) mass is 382 g/mol. The van der Waals surface area contributed by atoms with Crippen molar-refractivity contribution in [2.45, 2.75) is 34.1 Å². The van der Waals surface area contributed by atoms with E-state index in [1.54, 1.807) is 0 Å².